The van der Waals surface area contributed by atoms with Crippen molar-refractivity contribution in [3.63, 3.8) is 0 Å². The van der Waals surface area contributed by atoms with E-state index >= 15 is 0 Å². The van der Waals surface area contributed by atoms with Gasteiger partial charge in [0.25, 0.3) is 11.8 Å². The fraction of sp³-hybridized carbons (Fsp3) is 0.333. The van der Waals surface area contributed by atoms with Crippen molar-refractivity contribution in [3.05, 3.63) is 70.4 Å². The molecule has 3 rings (SSSR count). The lowest BCUT2D eigenvalue weighted by Crippen LogP contribution is -2.39. The highest BCUT2D eigenvalue weighted by atomic mass is 35.5. The molecule has 6 heteroatoms. The summed E-state index contributed by atoms with van der Waals surface area (Å²) < 4.78 is 0. The first-order chi connectivity index (χ1) is 14.5. The number of halogens is 1. The van der Waals surface area contributed by atoms with Crippen molar-refractivity contribution in [1.82, 2.24) is 10.2 Å². The summed E-state index contributed by atoms with van der Waals surface area (Å²) in [6.45, 7) is 1.41. The molecule has 0 aliphatic carbocycles. The molecule has 1 N–H and O–H groups in total. The summed E-state index contributed by atoms with van der Waals surface area (Å²) in [5.74, 6) is -0.547. The molecule has 1 aliphatic rings. The molecule has 1 saturated heterocycles. The molecule has 158 valence electrons. The van der Waals surface area contributed by atoms with Crippen molar-refractivity contribution in [3.8, 4) is 0 Å². The van der Waals surface area contributed by atoms with Gasteiger partial charge in [0.2, 0.25) is 0 Å². The SMILES string of the molecule is CN(C)c1ccc(/C=C(/NC(=O)c2ccccc2Cl)C(=O)N2CCCCCC2)cc1. The number of nitrogens with zero attached hydrogens (tertiary/aromatic N) is 2. The highest BCUT2D eigenvalue weighted by Gasteiger charge is 2.22. The predicted molar refractivity (Wildman–Crippen MR) is 123 cm³/mol. The van der Waals surface area contributed by atoms with E-state index < -0.39 is 0 Å². The van der Waals surface area contributed by atoms with E-state index in [0.29, 0.717) is 23.7 Å². The fourth-order valence-corrected chi connectivity index (χ4v) is 3.69. The molecule has 0 saturated carbocycles. The van der Waals surface area contributed by atoms with E-state index in [-0.39, 0.29) is 17.5 Å². The van der Waals surface area contributed by atoms with E-state index in [1.807, 2.05) is 48.2 Å². The average molecular weight is 426 g/mol. The molecule has 0 bridgehead atoms. The third-order valence-corrected chi connectivity index (χ3v) is 5.54. The van der Waals surface area contributed by atoms with Gasteiger partial charge in [-0.3, -0.25) is 9.59 Å². The van der Waals surface area contributed by atoms with Crippen LogP contribution in [0.2, 0.25) is 5.02 Å². The van der Waals surface area contributed by atoms with Crippen molar-refractivity contribution in [2.24, 2.45) is 0 Å². The third kappa shape index (κ3) is 5.63. The number of rotatable bonds is 5. The maximum atomic E-state index is 13.3. The summed E-state index contributed by atoms with van der Waals surface area (Å²) in [5, 5.41) is 3.17. The van der Waals surface area contributed by atoms with Crippen LogP contribution in [0.3, 0.4) is 0 Å². The molecule has 1 fully saturated rings. The van der Waals surface area contributed by atoms with Crippen LogP contribution < -0.4 is 10.2 Å². The van der Waals surface area contributed by atoms with Crippen LogP contribution in [-0.4, -0.2) is 43.9 Å². The molecule has 0 spiro atoms. The second-order valence-electron chi connectivity index (χ2n) is 7.68. The van der Waals surface area contributed by atoms with Crippen LogP contribution in [0.15, 0.2) is 54.2 Å². The Morgan fingerprint density at radius 3 is 2.20 bits per heavy atom. The quantitative estimate of drug-likeness (QED) is 0.713. The Kier molecular flexibility index (Phi) is 7.52. The molecule has 0 radical (unpaired) electrons. The number of benzene rings is 2. The normalized spacial score (nSPS) is 14.8. The number of carbonyl (C=O) groups excluding carboxylic acids is 2. The highest BCUT2D eigenvalue weighted by Crippen LogP contribution is 2.19. The van der Waals surface area contributed by atoms with Crippen molar-refractivity contribution in [1.29, 1.82) is 0 Å². The average Bonchev–Trinajstić information content (AvgIpc) is 3.03. The van der Waals surface area contributed by atoms with Crippen LogP contribution in [0.4, 0.5) is 5.69 Å². The Balaban J connectivity index is 1.90. The Bertz CT molecular complexity index is 914. The Hall–Kier alpha value is -2.79. The standard InChI is InChI=1S/C24H28ClN3O2/c1-27(2)19-13-11-18(12-14-19)17-22(24(30)28-15-7-3-4-8-16-28)26-23(29)20-9-5-6-10-21(20)25/h5-6,9-14,17H,3-4,7-8,15-16H2,1-2H3,(H,26,29)/b22-17+. The third-order valence-electron chi connectivity index (χ3n) is 5.21. The van der Waals surface area contributed by atoms with Gasteiger partial charge in [-0.2, -0.15) is 0 Å². The molecule has 2 amide bonds. The largest absolute Gasteiger partial charge is 0.378 e. The monoisotopic (exact) mass is 425 g/mol. The Morgan fingerprint density at radius 1 is 0.967 bits per heavy atom. The van der Waals surface area contributed by atoms with Crippen LogP contribution in [0.5, 0.6) is 0 Å². The van der Waals surface area contributed by atoms with Crippen molar-refractivity contribution in [2.75, 3.05) is 32.1 Å². The van der Waals surface area contributed by atoms with Gasteiger partial charge in [-0.1, -0.05) is 48.7 Å². The minimum Gasteiger partial charge on any atom is -0.378 e. The molecule has 1 heterocycles. The summed E-state index contributed by atoms with van der Waals surface area (Å²) >= 11 is 6.18. The van der Waals surface area contributed by atoms with Crippen LogP contribution in [0, 0.1) is 0 Å². The summed E-state index contributed by atoms with van der Waals surface area (Å²) in [6, 6.07) is 14.7. The number of hydrogen-bond acceptors (Lipinski definition) is 3. The molecule has 2 aromatic rings. The summed E-state index contributed by atoms with van der Waals surface area (Å²) in [5.41, 5.74) is 2.52. The Labute approximate surface area is 183 Å². The summed E-state index contributed by atoms with van der Waals surface area (Å²) in [7, 11) is 3.95. The minimum atomic E-state index is -0.389. The molecular weight excluding hydrogens is 398 g/mol. The van der Waals surface area contributed by atoms with Gasteiger partial charge in [0.15, 0.2) is 0 Å². The zero-order valence-corrected chi connectivity index (χ0v) is 18.3. The molecule has 0 atom stereocenters. The van der Waals surface area contributed by atoms with Crippen LogP contribution in [0.1, 0.15) is 41.6 Å². The maximum absolute atomic E-state index is 13.3. The van der Waals surface area contributed by atoms with Gasteiger partial charge in [-0.05, 0) is 48.7 Å². The maximum Gasteiger partial charge on any atom is 0.270 e. The van der Waals surface area contributed by atoms with Crippen molar-refractivity contribution < 1.29 is 9.59 Å². The van der Waals surface area contributed by atoms with Crippen LogP contribution in [0.25, 0.3) is 6.08 Å². The first-order valence-electron chi connectivity index (χ1n) is 10.3. The lowest BCUT2D eigenvalue weighted by Gasteiger charge is -2.22. The summed E-state index contributed by atoms with van der Waals surface area (Å²) in [4.78, 5) is 30.0. The summed E-state index contributed by atoms with van der Waals surface area (Å²) in [6.07, 6.45) is 5.95. The number of nitrogens with one attached hydrogen (secondary N) is 1. The molecule has 5 nitrogen and oxygen atoms in total. The van der Waals surface area contributed by atoms with E-state index in [1.165, 1.54) is 0 Å². The zero-order valence-electron chi connectivity index (χ0n) is 17.5. The second kappa shape index (κ2) is 10.3. The van der Waals surface area contributed by atoms with Gasteiger partial charge >= 0.3 is 0 Å². The van der Waals surface area contributed by atoms with Gasteiger partial charge in [0.05, 0.1) is 10.6 Å². The molecule has 30 heavy (non-hydrogen) atoms. The van der Waals surface area contributed by atoms with Gasteiger partial charge in [0.1, 0.15) is 5.70 Å². The fourth-order valence-electron chi connectivity index (χ4n) is 3.47. The zero-order chi connectivity index (χ0) is 21.5. The van der Waals surface area contributed by atoms with E-state index in [9.17, 15) is 9.59 Å². The molecule has 2 aromatic carbocycles. The van der Waals surface area contributed by atoms with Gasteiger partial charge in [-0.25, -0.2) is 0 Å². The molecule has 1 aliphatic heterocycles. The van der Waals surface area contributed by atoms with Crippen molar-refractivity contribution >= 4 is 35.2 Å². The molecular formula is C24H28ClN3O2. The molecule has 0 aromatic heterocycles. The Morgan fingerprint density at radius 2 is 1.60 bits per heavy atom. The number of carbonyl (C=O) groups is 2. The number of amides is 2. The number of likely N-dealkylation sites (tertiary alicyclic amines) is 1. The smallest absolute Gasteiger partial charge is 0.270 e. The predicted octanol–water partition coefficient (Wildman–Crippen LogP) is 4.58. The first-order valence-corrected chi connectivity index (χ1v) is 10.7. The lowest BCUT2D eigenvalue weighted by atomic mass is 10.1. The number of anilines is 1. The lowest BCUT2D eigenvalue weighted by molar-refractivity contribution is -0.127. The van der Waals surface area contributed by atoms with Gasteiger partial charge in [0, 0.05) is 32.9 Å². The minimum absolute atomic E-state index is 0.158. The van der Waals surface area contributed by atoms with Crippen LogP contribution in [-0.2, 0) is 4.79 Å². The highest BCUT2D eigenvalue weighted by molar-refractivity contribution is 6.34. The molecule has 0 unspecified atom stereocenters. The number of hydrogen-bond donors (Lipinski definition) is 1. The second-order valence-corrected chi connectivity index (χ2v) is 8.09. The van der Waals surface area contributed by atoms with E-state index in [4.69, 9.17) is 11.6 Å². The van der Waals surface area contributed by atoms with Gasteiger partial charge < -0.3 is 15.1 Å². The topological polar surface area (TPSA) is 52.7 Å². The van der Waals surface area contributed by atoms with E-state index in [2.05, 4.69) is 5.32 Å². The van der Waals surface area contributed by atoms with E-state index in [1.54, 1.807) is 30.3 Å². The van der Waals surface area contributed by atoms with Gasteiger partial charge in [-0.15, -0.1) is 0 Å². The van der Waals surface area contributed by atoms with E-state index in [0.717, 1.165) is 36.9 Å². The van der Waals surface area contributed by atoms with Crippen LogP contribution >= 0.6 is 11.6 Å². The first kappa shape index (κ1) is 21.9. The van der Waals surface area contributed by atoms with Crippen molar-refractivity contribution in [2.45, 2.75) is 25.7 Å².